The highest BCUT2D eigenvalue weighted by Gasteiger charge is 2.36. The number of nitrogens with zero attached hydrogens (tertiary/aromatic N) is 3. The number of halogens is 2. The van der Waals surface area contributed by atoms with Crippen LogP contribution in [0, 0.1) is 11.6 Å². The van der Waals surface area contributed by atoms with Crippen LogP contribution in [0.2, 0.25) is 0 Å². The van der Waals surface area contributed by atoms with Gasteiger partial charge < -0.3 is 9.26 Å². The molecule has 1 aromatic carbocycles. The Balaban J connectivity index is 1.82. The largest absolute Gasteiger partial charge is 0.444 e. The molecule has 1 aliphatic heterocycles. The molecule has 3 rings (SSSR count). The van der Waals surface area contributed by atoms with Gasteiger partial charge in [-0.15, -0.1) is 0 Å². The van der Waals surface area contributed by atoms with Crippen molar-refractivity contribution in [3.8, 4) is 11.4 Å². The second-order valence-corrected chi connectivity index (χ2v) is 6.95. The van der Waals surface area contributed by atoms with Crippen LogP contribution in [-0.2, 0) is 4.74 Å². The van der Waals surface area contributed by atoms with E-state index in [0.717, 1.165) is 24.6 Å². The maximum absolute atomic E-state index is 13.4. The number of amides is 1. The SMILES string of the molecule is CC(C)(C)OC(=O)N1CCCC1c1nc(-c2cc(F)cc(F)c2)no1. The molecule has 0 saturated carbocycles. The van der Waals surface area contributed by atoms with Crippen LogP contribution in [0.3, 0.4) is 0 Å². The first-order valence-electron chi connectivity index (χ1n) is 8.02. The van der Waals surface area contributed by atoms with E-state index in [9.17, 15) is 13.6 Å². The summed E-state index contributed by atoms with van der Waals surface area (Å²) >= 11 is 0. The Morgan fingerprint density at radius 3 is 2.60 bits per heavy atom. The molecule has 1 amide bonds. The van der Waals surface area contributed by atoms with Gasteiger partial charge in [0.05, 0.1) is 0 Å². The van der Waals surface area contributed by atoms with Crippen molar-refractivity contribution in [2.45, 2.75) is 45.3 Å². The minimum atomic E-state index is -0.724. The van der Waals surface area contributed by atoms with Crippen LogP contribution in [0.5, 0.6) is 0 Å². The first kappa shape index (κ1) is 17.3. The van der Waals surface area contributed by atoms with Crippen molar-refractivity contribution in [3.63, 3.8) is 0 Å². The summed E-state index contributed by atoms with van der Waals surface area (Å²) in [5, 5.41) is 3.78. The fourth-order valence-corrected chi connectivity index (χ4v) is 2.73. The maximum Gasteiger partial charge on any atom is 0.410 e. The lowest BCUT2D eigenvalue weighted by Gasteiger charge is -2.26. The first-order chi connectivity index (χ1) is 11.7. The van der Waals surface area contributed by atoms with Gasteiger partial charge in [0.25, 0.3) is 0 Å². The van der Waals surface area contributed by atoms with Crippen LogP contribution in [-0.4, -0.2) is 33.3 Å². The molecular weight excluding hydrogens is 332 g/mol. The van der Waals surface area contributed by atoms with Crippen molar-refractivity contribution in [2.75, 3.05) is 6.54 Å². The van der Waals surface area contributed by atoms with E-state index in [1.54, 1.807) is 20.8 Å². The van der Waals surface area contributed by atoms with Gasteiger partial charge in [0.1, 0.15) is 23.3 Å². The molecule has 1 aliphatic rings. The van der Waals surface area contributed by atoms with Gasteiger partial charge in [-0.25, -0.2) is 13.6 Å². The smallest absolute Gasteiger partial charge is 0.410 e. The molecule has 0 aliphatic carbocycles. The first-order valence-corrected chi connectivity index (χ1v) is 8.02. The van der Waals surface area contributed by atoms with E-state index in [2.05, 4.69) is 10.1 Å². The van der Waals surface area contributed by atoms with Gasteiger partial charge in [0.15, 0.2) is 0 Å². The monoisotopic (exact) mass is 351 g/mol. The van der Waals surface area contributed by atoms with Crippen molar-refractivity contribution in [1.29, 1.82) is 0 Å². The molecule has 1 saturated heterocycles. The van der Waals surface area contributed by atoms with E-state index in [4.69, 9.17) is 9.26 Å². The minimum Gasteiger partial charge on any atom is -0.444 e. The van der Waals surface area contributed by atoms with Crippen LogP contribution < -0.4 is 0 Å². The molecule has 8 heteroatoms. The molecule has 0 N–H and O–H groups in total. The molecular formula is C17H19F2N3O3. The fourth-order valence-electron chi connectivity index (χ4n) is 2.73. The van der Waals surface area contributed by atoms with Crippen molar-refractivity contribution >= 4 is 6.09 Å². The van der Waals surface area contributed by atoms with Gasteiger partial charge in [-0.3, -0.25) is 4.90 Å². The molecule has 0 bridgehead atoms. The molecule has 25 heavy (non-hydrogen) atoms. The quantitative estimate of drug-likeness (QED) is 0.815. The van der Waals surface area contributed by atoms with Crippen molar-refractivity contribution in [2.24, 2.45) is 0 Å². The predicted molar refractivity (Wildman–Crippen MR) is 84.6 cm³/mol. The molecule has 0 spiro atoms. The van der Waals surface area contributed by atoms with E-state index < -0.39 is 29.4 Å². The average Bonchev–Trinajstić information content (AvgIpc) is 3.13. The van der Waals surface area contributed by atoms with Gasteiger partial charge in [-0.05, 0) is 45.7 Å². The number of aromatic nitrogens is 2. The van der Waals surface area contributed by atoms with E-state index in [0.29, 0.717) is 13.0 Å². The summed E-state index contributed by atoms with van der Waals surface area (Å²) in [6.45, 7) is 5.89. The summed E-state index contributed by atoms with van der Waals surface area (Å²) in [5.74, 6) is -1.15. The van der Waals surface area contributed by atoms with Crippen LogP contribution in [0.1, 0.15) is 45.5 Å². The Kier molecular flexibility index (Phi) is 4.45. The van der Waals surface area contributed by atoms with Gasteiger partial charge >= 0.3 is 6.09 Å². The zero-order valence-corrected chi connectivity index (χ0v) is 14.3. The van der Waals surface area contributed by atoms with Crippen LogP contribution in [0.15, 0.2) is 22.7 Å². The molecule has 2 heterocycles. The Bertz CT molecular complexity index is 765. The summed E-state index contributed by atoms with van der Waals surface area (Å²) in [7, 11) is 0. The number of hydrogen-bond donors (Lipinski definition) is 0. The third-order valence-electron chi connectivity index (χ3n) is 3.73. The molecule has 6 nitrogen and oxygen atoms in total. The van der Waals surface area contributed by atoms with Gasteiger partial charge in [0.2, 0.25) is 11.7 Å². The fraction of sp³-hybridized carbons (Fsp3) is 0.471. The normalized spacial score (nSPS) is 17.8. The number of hydrogen-bond acceptors (Lipinski definition) is 5. The zero-order chi connectivity index (χ0) is 18.2. The highest BCUT2D eigenvalue weighted by atomic mass is 19.1. The molecule has 1 aromatic heterocycles. The Morgan fingerprint density at radius 1 is 1.28 bits per heavy atom. The third-order valence-corrected chi connectivity index (χ3v) is 3.73. The zero-order valence-electron chi connectivity index (χ0n) is 14.3. The molecule has 1 fully saturated rings. The van der Waals surface area contributed by atoms with E-state index in [1.165, 1.54) is 4.90 Å². The van der Waals surface area contributed by atoms with E-state index in [-0.39, 0.29) is 17.3 Å². The lowest BCUT2D eigenvalue weighted by atomic mass is 10.2. The van der Waals surface area contributed by atoms with E-state index >= 15 is 0 Å². The number of likely N-dealkylation sites (tertiary alicyclic amines) is 1. The number of rotatable bonds is 2. The summed E-state index contributed by atoms with van der Waals surface area (Å²) in [6, 6.07) is 2.61. The number of ether oxygens (including phenoxy) is 1. The van der Waals surface area contributed by atoms with Crippen LogP contribution in [0.4, 0.5) is 13.6 Å². The lowest BCUT2D eigenvalue weighted by molar-refractivity contribution is 0.0199. The van der Waals surface area contributed by atoms with Crippen molar-refractivity contribution < 1.29 is 22.8 Å². The minimum absolute atomic E-state index is 0.0736. The predicted octanol–water partition coefficient (Wildman–Crippen LogP) is 4.09. The second kappa shape index (κ2) is 6.42. The third kappa shape index (κ3) is 3.94. The summed E-state index contributed by atoms with van der Waals surface area (Å²) in [4.78, 5) is 18.1. The molecule has 134 valence electrons. The Labute approximate surface area is 143 Å². The number of carbonyl (C=O) groups is 1. The summed E-state index contributed by atoms with van der Waals surface area (Å²) in [6.07, 6.45) is 0.973. The van der Waals surface area contributed by atoms with Crippen molar-refractivity contribution in [3.05, 3.63) is 35.7 Å². The highest BCUT2D eigenvalue weighted by Crippen LogP contribution is 2.33. The van der Waals surface area contributed by atoms with Gasteiger partial charge in [0, 0.05) is 18.2 Å². The van der Waals surface area contributed by atoms with Crippen LogP contribution >= 0.6 is 0 Å². The maximum atomic E-state index is 13.4. The number of carbonyl (C=O) groups excluding carboxylic acids is 1. The lowest BCUT2D eigenvalue weighted by Crippen LogP contribution is -2.36. The average molecular weight is 351 g/mol. The Morgan fingerprint density at radius 2 is 1.96 bits per heavy atom. The molecule has 1 unspecified atom stereocenters. The summed E-state index contributed by atoms with van der Waals surface area (Å²) < 4.78 is 37.3. The topological polar surface area (TPSA) is 68.5 Å². The summed E-state index contributed by atoms with van der Waals surface area (Å²) in [5.41, 5.74) is -0.433. The molecule has 0 radical (unpaired) electrons. The van der Waals surface area contributed by atoms with Gasteiger partial charge in [-0.2, -0.15) is 4.98 Å². The standard InChI is InChI=1S/C17H19F2N3O3/c1-17(2,3)24-16(23)22-6-4-5-13(22)15-20-14(21-25-15)10-7-11(18)9-12(19)8-10/h7-9,13H,4-6H2,1-3H3. The molecule has 1 atom stereocenters. The number of benzene rings is 1. The highest BCUT2D eigenvalue weighted by molar-refractivity contribution is 5.69. The molecule has 2 aromatic rings. The van der Waals surface area contributed by atoms with Gasteiger partial charge in [-0.1, -0.05) is 5.16 Å². The van der Waals surface area contributed by atoms with E-state index in [1.807, 2.05) is 0 Å². The van der Waals surface area contributed by atoms with Crippen LogP contribution in [0.25, 0.3) is 11.4 Å². The van der Waals surface area contributed by atoms with Crippen molar-refractivity contribution in [1.82, 2.24) is 15.0 Å². The Hall–Kier alpha value is -2.51. The second-order valence-electron chi connectivity index (χ2n) is 6.95.